The maximum atomic E-state index is 15.1. The number of nitrogens with one attached hydrogen (secondary N) is 3. The van der Waals surface area contributed by atoms with Gasteiger partial charge in [-0.15, -0.1) is 0 Å². The molecule has 41 heavy (non-hydrogen) atoms. The van der Waals surface area contributed by atoms with E-state index in [-0.39, 0.29) is 63.1 Å². The number of para-hydroxylation sites is 1. The first-order chi connectivity index (χ1) is 19.7. The van der Waals surface area contributed by atoms with Crippen LogP contribution in [0.2, 0.25) is 0 Å². The third-order valence-electron chi connectivity index (χ3n) is 6.97. The first kappa shape index (κ1) is 27.7. The molecule has 3 aromatic rings. The topological polar surface area (TPSA) is 136 Å². The summed E-state index contributed by atoms with van der Waals surface area (Å²) in [4.78, 5) is 55.8. The summed E-state index contributed by atoms with van der Waals surface area (Å²) in [5.74, 6) is -2.46. The lowest BCUT2D eigenvalue weighted by Crippen LogP contribution is -2.51. The number of alkyl carbamates (subject to hydrolysis) is 1. The van der Waals surface area contributed by atoms with E-state index in [1.54, 1.807) is 6.07 Å². The molecule has 2 aliphatic heterocycles. The number of ether oxygens (including phenoxy) is 2. The van der Waals surface area contributed by atoms with Crippen molar-refractivity contribution >= 4 is 46.3 Å². The molecule has 0 unspecified atom stereocenters. The molecule has 5 rings (SSSR count). The lowest BCUT2D eigenvalue weighted by Gasteiger charge is -2.36. The number of carbonyl (C=O) groups excluding carboxylic acids is 4. The highest BCUT2D eigenvalue weighted by atomic mass is 19.1. The molecule has 1 aromatic heterocycles. The van der Waals surface area contributed by atoms with Crippen LogP contribution in [0.3, 0.4) is 0 Å². The van der Waals surface area contributed by atoms with Crippen LogP contribution in [-0.4, -0.2) is 92.9 Å². The molecule has 2 fully saturated rings. The zero-order valence-electron chi connectivity index (χ0n) is 22.1. The SMILES string of the molecule is COC(=O)NC[C@H]1CN(c2cc(F)c(N3CCN(C(=O)CNC(=O)c4cc5ccccc5[nH]4)CC3)c(F)c2)C(=O)O1. The number of aromatic amines is 1. The van der Waals surface area contributed by atoms with Crippen molar-refractivity contribution in [1.29, 1.82) is 0 Å². The molecule has 0 saturated carbocycles. The Morgan fingerprint density at radius 1 is 1.05 bits per heavy atom. The van der Waals surface area contributed by atoms with Crippen LogP contribution in [0.25, 0.3) is 10.9 Å². The second-order valence-electron chi connectivity index (χ2n) is 9.57. The highest BCUT2D eigenvalue weighted by molar-refractivity contribution is 5.99. The smallest absolute Gasteiger partial charge is 0.414 e. The van der Waals surface area contributed by atoms with Gasteiger partial charge in [0, 0.05) is 49.2 Å². The molecule has 3 N–H and O–H groups in total. The summed E-state index contributed by atoms with van der Waals surface area (Å²) >= 11 is 0. The van der Waals surface area contributed by atoms with Gasteiger partial charge in [0.2, 0.25) is 5.91 Å². The lowest BCUT2D eigenvalue weighted by molar-refractivity contribution is -0.130. The number of benzene rings is 2. The third kappa shape index (κ3) is 6.00. The van der Waals surface area contributed by atoms with Gasteiger partial charge in [-0.05, 0) is 12.1 Å². The number of halogens is 2. The number of cyclic esters (lactones) is 1. The van der Waals surface area contributed by atoms with Crippen LogP contribution in [0.15, 0.2) is 42.5 Å². The van der Waals surface area contributed by atoms with E-state index in [1.807, 2.05) is 24.3 Å². The molecular formula is C27H28F2N6O6. The molecule has 0 spiro atoms. The number of amides is 4. The Bertz CT molecular complexity index is 1430. The van der Waals surface area contributed by atoms with Crippen LogP contribution in [0, 0.1) is 11.6 Å². The number of hydrogen-bond acceptors (Lipinski definition) is 7. The fourth-order valence-corrected chi connectivity index (χ4v) is 4.86. The van der Waals surface area contributed by atoms with E-state index in [4.69, 9.17) is 4.74 Å². The minimum Gasteiger partial charge on any atom is -0.453 e. The van der Waals surface area contributed by atoms with Crippen molar-refractivity contribution in [2.75, 3.05) is 62.7 Å². The number of fused-ring (bicyclic) bond motifs is 1. The summed E-state index contributed by atoms with van der Waals surface area (Å²) in [6, 6.07) is 11.2. The third-order valence-corrected chi connectivity index (χ3v) is 6.97. The van der Waals surface area contributed by atoms with Crippen LogP contribution in [0.5, 0.6) is 0 Å². The Morgan fingerprint density at radius 3 is 2.44 bits per heavy atom. The van der Waals surface area contributed by atoms with Crippen molar-refractivity contribution in [3.05, 3.63) is 59.8 Å². The van der Waals surface area contributed by atoms with Gasteiger partial charge in [-0.25, -0.2) is 18.4 Å². The fraction of sp³-hybridized carbons (Fsp3) is 0.333. The Morgan fingerprint density at radius 2 is 1.76 bits per heavy atom. The van der Waals surface area contributed by atoms with E-state index < -0.39 is 35.8 Å². The predicted molar refractivity (Wildman–Crippen MR) is 144 cm³/mol. The Kier molecular flexibility index (Phi) is 7.90. The molecule has 4 amide bonds. The van der Waals surface area contributed by atoms with Crippen LogP contribution in [-0.2, 0) is 14.3 Å². The molecule has 2 aliphatic rings. The largest absolute Gasteiger partial charge is 0.453 e. The van der Waals surface area contributed by atoms with E-state index in [0.717, 1.165) is 27.9 Å². The minimum atomic E-state index is -0.866. The van der Waals surface area contributed by atoms with E-state index in [2.05, 4.69) is 20.4 Å². The summed E-state index contributed by atoms with van der Waals surface area (Å²) in [6.45, 7) is 0.494. The Labute approximate surface area is 233 Å². The van der Waals surface area contributed by atoms with Gasteiger partial charge in [-0.2, -0.15) is 0 Å². The van der Waals surface area contributed by atoms with Gasteiger partial charge < -0.3 is 34.9 Å². The summed E-state index contributed by atoms with van der Waals surface area (Å²) in [5, 5.41) is 5.90. The number of nitrogens with zero attached hydrogens (tertiary/aromatic N) is 3. The molecule has 3 heterocycles. The number of aromatic nitrogens is 1. The van der Waals surface area contributed by atoms with Crippen molar-refractivity contribution in [2.45, 2.75) is 6.10 Å². The second-order valence-corrected chi connectivity index (χ2v) is 9.57. The Balaban J connectivity index is 1.14. The number of methoxy groups -OCH3 is 1. The molecule has 2 aromatic carbocycles. The maximum Gasteiger partial charge on any atom is 0.414 e. The average Bonchev–Trinajstić information content (AvgIpc) is 3.57. The normalized spacial score (nSPS) is 17.0. The van der Waals surface area contributed by atoms with Crippen LogP contribution in [0.1, 0.15) is 10.5 Å². The highest BCUT2D eigenvalue weighted by Gasteiger charge is 2.34. The number of H-pyrrole nitrogens is 1. The summed E-state index contributed by atoms with van der Waals surface area (Å²) in [7, 11) is 1.19. The van der Waals surface area contributed by atoms with Gasteiger partial charge in [0.1, 0.15) is 17.5 Å². The van der Waals surface area contributed by atoms with Crippen molar-refractivity contribution in [3.63, 3.8) is 0 Å². The van der Waals surface area contributed by atoms with Gasteiger partial charge >= 0.3 is 12.2 Å². The van der Waals surface area contributed by atoms with Crippen molar-refractivity contribution in [2.24, 2.45) is 0 Å². The van der Waals surface area contributed by atoms with E-state index in [0.29, 0.717) is 5.69 Å². The molecule has 2 saturated heterocycles. The lowest BCUT2D eigenvalue weighted by atomic mass is 10.2. The summed E-state index contributed by atoms with van der Waals surface area (Å²) in [6.07, 6.45) is -2.21. The second kappa shape index (κ2) is 11.7. The van der Waals surface area contributed by atoms with E-state index in [9.17, 15) is 19.2 Å². The number of anilines is 2. The number of carbonyl (C=O) groups is 4. The van der Waals surface area contributed by atoms with Gasteiger partial charge in [0.25, 0.3) is 5.91 Å². The molecule has 216 valence electrons. The summed E-state index contributed by atoms with van der Waals surface area (Å²) < 4.78 is 39.8. The van der Waals surface area contributed by atoms with Crippen molar-refractivity contribution in [3.8, 4) is 0 Å². The Hall–Kier alpha value is -4.88. The fourth-order valence-electron chi connectivity index (χ4n) is 4.86. The standard InChI is InChI=1S/C27H28F2N6O6/c1-40-26(38)31-13-18-15-35(27(39)41-18)17-11-19(28)24(20(29)12-17)34-8-6-33(7-9-34)23(36)14-30-25(37)22-10-16-4-2-3-5-21(16)32-22/h2-5,10-12,18,32H,6-9,13-15H2,1H3,(H,30,37)(H,31,38)/t18-/m0/s1. The van der Waals surface area contributed by atoms with Crippen molar-refractivity contribution < 1.29 is 37.4 Å². The van der Waals surface area contributed by atoms with E-state index in [1.165, 1.54) is 16.9 Å². The molecule has 1 atom stereocenters. The van der Waals surface area contributed by atoms with Crippen LogP contribution < -0.4 is 20.4 Å². The quantitative estimate of drug-likeness (QED) is 0.396. The number of rotatable bonds is 7. The molecule has 0 bridgehead atoms. The minimum absolute atomic E-state index is 0.0152. The zero-order chi connectivity index (χ0) is 29.1. The van der Waals surface area contributed by atoms with Gasteiger partial charge in [-0.1, -0.05) is 18.2 Å². The zero-order valence-corrected chi connectivity index (χ0v) is 22.1. The first-order valence-electron chi connectivity index (χ1n) is 12.9. The van der Waals surface area contributed by atoms with Gasteiger partial charge in [0.15, 0.2) is 11.6 Å². The molecule has 0 aliphatic carbocycles. The van der Waals surface area contributed by atoms with Crippen molar-refractivity contribution in [1.82, 2.24) is 20.5 Å². The summed E-state index contributed by atoms with van der Waals surface area (Å²) in [5.41, 5.74) is 0.872. The molecule has 14 heteroatoms. The number of piperazine rings is 1. The van der Waals surface area contributed by atoms with Crippen LogP contribution >= 0.6 is 0 Å². The number of hydrogen-bond donors (Lipinski definition) is 3. The average molecular weight is 571 g/mol. The molecular weight excluding hydrogens is 542 g/mol. The van der Waals surface area contributed by atoms with E-state index >= 15 is 8.78 Å². The first-order valence-corrected chi connectivity index (χ1v) is 12.9. The molecule has 0 radical (unpaired) electrons. The monoisotopic (exact) mass is 570 g/mol. The molecule has 12 nitrogen and oxygen atoms in total. The predicted octanol–water partition coefficient (Wildman–Crippen LogP) is 2.21. The maximum absolute atomic E-state index is 15.1. The van der Waals surface area contributed by atoms with Crippen LogP contribution in [0.4, 0.5) is 29.7 Å². The highest BCUT2D eigenvalue weighted by Crippen LogP contribution is 2.31. The van der Waals surface area contributed by atoms with Gasteiger partial charge in [-0.3, -0.25) is 14.5 Å². The van der Waals surface area contributed by atoms with Gasteiger partial charge in [0.05, 0.1) is 32.4 Å².